The molecule has 0 amide bonds. The molecule has 21 heavy (non-hydrogen) atoms. The average Bonchev–Trinajstić information content (AvgIpc) is 2.37. The molecule has 2 N–H and O–H groups in total. The fourth-order valence-corrected chi connectivity index (χ4v) is 3.24. The van der Waals surface area contributed by atoms with Crippen LogP contribution in [0.25, 0.3) is 0 Å². The Kier molecular flexibility index (Phi) is 4.99. The number of nitrogens with two attached hydrogens (primary N) is 1. The van der Waals surface area contributed by atoms with E-state index >= 15 is 0 Å². The van der Waals surface area contributed by atoms with E-state index in [1.807, 2.05) is 6.07 Å². The lowest BCUT2D eigenvalue weighted by atomic mass is 9.75. The van der Waals surface area contributed by atoms with Crippen molar-refractivity contribution in [3.05, 3.63) is 35.1 Å². The van der Waals surface area contributed by atoms with Crippen LogP contribution in [-0.4, -0.2) is 23.0 Å². The molecule has 0 bridgehead atoms. The molecule has 0 heterocycles. The number of benzene rings is 1. The highest BCUT2D eigenvalue weighted by Crippen LogP contribution is 2.36. The quantitative estimate of drug-likeness (QED) is 0.856. The summed E-state index contributed by atoms with van der Waals surface area (Å²) < 4.78 is 13.6. The van der Waals surface area contributed by atoms with Crippen LogP contribution in [0.5, 0.6) is 0 Å². The highest BCUT2D eigenvalue weighted by molar-refractivity contribution is 7.80. The summed E-state index contributed by atoms with van der Waals surface area (Å²) in [5, 5.41) is 0. The van der Waals surface area contributed by atoms with Crippen LogP contribution in [0.1, 0.15) is 50.7 Å². The summed E-state index contributed by atoms with van der Waals surface area (Å²) in [5.41, 5.74) is 7.62. The molecule has 0 radical (unpaired) electrons. The first kappa shape index (κ1) is 16.4. The second kappa shape index (κ2) is 6.41. The monoisotopic (exact) mass is 308 g/mol. The molecule has 0 spiro atoms. The molecular formula is C17H25FN2S. The van der Waals surface area contributed by atoms with E-state index < -0.39 is 0 Å². The van der Waals surface area contributed by atoms with Crippen LogP contribution < -0.4 is 5.73 Å². The molecule has 2 rings (SSSR count). The van der Waals surface area contributed by atoms with Crippen molar-refractivity contribution in [1.29, 1.82) is 0 Å². The van der Waals surface area contributed by atoms with E-state index in [0.717, 1.165) is 12.1 Å². The lowest BCUT2D eigenvalue weighted by molar-refractivity contribution is 0.123. The number of halogens is 1. The van der Waals surface area contributed by atoms with Gasteiger partial charge in [0.2, 0.25) is 0 Å². The second-order valence-electron chi connectivity index (χ2n) is 7.02. The van der Waals surface area contributed by atoms with Crippen LogP contribution in [0.15, 0.2) is 18.2 Å². The molecule has 4 heteroatoms. The summed E-state index contributed by atoms with van der Waals surface area (Å²) in [4.78, 5) is 2.57. The van der Waals surface area contributed by atoms with Crippen LogP contribution >= 0.6 is 12.2 Å². The summed E-state index contributed by atoms with van der Waals surface area (Å²) in [6, 6.07) is 5.45. The fourth-order valence-electron chi connectivity index (χ4n) is 3.13. The van der Waals surface area contributed by atoms with E-state index in [0.29, 0.717) is 17.0 Å². The van der Waals surface area contributed by atoms with Crippen LogP contribution in [0, 0.1) is 11.2 Å². The Bertz CT molecular complexity index is 518. The molecule has 1 aliphatic carbocycles. The first-order chi connectivity index (χ1) is 9.77. The van der Waals surface area contributed by atoms with Crippen LogP contribution in [-0.2, 0) is 6.54 Å². The number of thiocarbonyl (C=S) groups is 1. The number of rotatable bonds is 4. The zero-order valence-electron chi connectivity index (χ0n) is 13.2. The van der Waals surface area contributed by atoms with Crippen molar-refractivity contribution in [2.24, 2.45) is 11.1 Å². The van der Waals surface area contributed by atoms with Gasteiger partial charge in [0.1, 0.15) is 10.8 Å². The lowest BCUT2D eigenvalue weighted by Crippen LogP contribution is -2.36. The van der Waals surface area contributed by atoms with Gasteiger partial charge in [-0.25, -0.2) is 4.39 Å². The minimum atomic E-state index is -0.270. The SMILES string of the molecule is CN(Cc1cc(F)cc(C(N)=S)c1)C1CCC(C)(C)CC1. The maximum absolute atomic E-state index is 13.6. The Morgan fingerprint density at radius 1 is 1.33 bits per heavy atom. The summed E-state index contributed by atoms with van der Waals surface area (Å²) in [7, 11) is 2.12. The van der Waals surface area contributed by atoms with Gasteiger partial charge in [-0.15, -0.1) is 0 Å². The van der Waals surface area contributed by atoms with Crippen LogP contribution in [0.3, 0.4) is 0 Å². The van der Waals surface area contributed by atoms with Gasteiger partial charge < -0.3 is 5.73 Å². The van der Waals surface area contributed by atoms with E-state index in [1.165, 1.54) is 31.7 Å². The van der Waals surface area contributed by atoms with Gasteiger partial charge in [-0.05, 0) is 61.9 Å². The second-order valence-corrected chi connectivity index (χ2v) is 7.46. The third-order valence-corrected chi connectivity index (χ3v) is 4.84. The van der Waals surface area contributed by atoms with E-state index in [1.54, 1.807) is 6.07 Å². The minimum absolute atomic E-state index is 0.248. The van der Waals surface area contributed by atoms with Crippen LogP contribution in [0.2, 0.25) is 0 Å². The molecular weight excluding hydrogens is 283 g/mol. The van der Waals surface area contributed by atoms with Crippen molar-refractivity contribution in [1.82, 2.24) is 4.90 Å². The first-order valence-corrected chi connectivity index (χ1v) is 7.97. The lowest BCUT2D eigenvalue weighted by Gasteiger charge is -2.38. The number of hydrogen-bond donors (Lipinski definition) is 1. The van der Waals surface area contributed by atoms with E-state index in [2.05, 4.69) is 25.8 Å². The standard InChI is InChI=1S/C17H25FN2S/c1-17(2)6-4-15(5-7-17)20(3)11-12-8-13(16(19)21)10-14(18)9-12/h8-10,15H,4-7,11H2,1-3H3,(H2,19,21). The number of hydrogen-bond acceptors (Lipinski definition) is 2. The van der Waals surface area contributed by atoms with Gasteiger partial charge >= 0.3 is 0 Å². The average molecular weight is 308 g/mol. The Morgan fingerprint density at radius 2 is 1.95 bits per heavy atom. The van der Waals surface area contributed by atoms with Crippen LogP contribution in [0.4, 0.5) is 4.39 Å². The summed E-state index contributed by atoms with van der Waals surface area (Å²) in [5.74, 6) is -0.270. The van der Waals surface area contributed by atoms with Crippen molar-refractivity contribution in [2.75, 3.05) is 7.05 Å². The molecule has 1 aliphatic rings. The molecule has 1 fully saturated rings. The third-order valence-electron chi connectivity index (χ3n) is 4.61. The van der Waals surface area contributed by atoms with Crippen molar-refractivity contribution in [2.45, 2.75) is 52.1 Å². The van der Waals surface area contributed by atoms with Gasteiger partial charge in [-0.1, -0.05) is 26.1 Å². The zero-order chi connectivity index (χ0) is 15.6. The Morgan fingerprint density at radius 3 is 2.52 bits per heavy atom. The molecule has 116 valence electrons. The molecule has 0 aromatic heterocycles. The van der Waals surface area contributed by atoms with Crippen molar-refractivity contribution >= 4 is 17.2 Å². The van der Waals surface area contributed by atoms with Gasteiger partial charge in [-0.3, -0.25) is 4.90 Å². The topological polar surface area (TPSA) is 29.3 Å². The Labute approximate surface area is 132 Å². The predicted molar refractivity (Wildman–Crippen MR) is 89.8 cm³/mol. The molecule has 0 atom stereocenters. The maximum Gasteiger partial charge on any atom is 0.124 e. The maximum atomic E-state index is 13.6. The third kappa shape index (κ3) is 4.48. The highest BCUT2D eigenvalue weighted by atomic mass is 32.1. The summed E-state index contributed by atoms with van der Waals surface area (Å²) >= 11 is 4.94. The molecule has 1 aromatic carbocycles. The minimum Gasteiger partial charge on any atom is -0.389 e. The molecule has 0 aliphatic heterocycles. The molecule has 1 saturated carbocycles. The molecule has 2 nitrogen and oxygen atoms in total. The van der Waals surface area contributed by atoms with Gasteiger partial charge in [0.25, 0.3) is 0 Å². The van der Waals surface area contributed by atoms with E-state index in [9.17, 15) is 4.39 Å². The highest BCUT2D eigenvalue weighted by Gasteiger charge is 2.28. The fraction of sp³-hybridized carbons (Fsp3) is 0.588. The van der Waals surface area contributed by atoms with Crippen molar-refractivity contribution in [3.8, 4) is 0 Å². The summed E-state index contributed by atoms with van der Waals surface area (Å²) in [6.45, 7) is 5.41. The molecule has 0 saturated heterocycles. The molecule has 1 aromatic rings. The van der Waals surface area contributed by atoms with Gasteiger partial charge in [-0.2, -0.15) is 0 Å². The van der Waals surface area contributed by atoms with Gasteiger partial charge in [0, 0.05) is 18.2 Å². The zero-order valence-corrected chi connectivity index (χ0v) is 14.0. The normalized spacial score (nSPS) is 18.9. The Balaban J connectivity index is 2.03. The predicted octanol–water partition coefficient (Wildman–Crippen LogP) is 3.86. The molecule has 0 unspecified atom stereocenters. The smallest absolute Gasteiger partial charge is 0.124 e. The first-order valence-electron chi connectivity index (χ1n) is 7.56. The van der Waals surface area contributed by atoms with Gasteiger partial charge in [0.05, 0.1) is 0 Å². The Hall–Kier alpha value is -1.00. The number of nitrogens with zero attached hydrogens (tertiary/aromatic N) is 1. The summed E-state index contributed by atoms with van der Waals surface area (Å²) in [6.07, 6.45) is 4.93. The largest absolute Gasteiger partial charge is 0.389 e. The van der Waals surface area contributed by atoms with E-state index in [4.69, 9.17) is 18.0 Å². The van der Waals surface area contributed by atoms with Gasteiger partial charge in [0.15, 0.2) is 0 Å². The van der Waals surface area contributed by atoms with E-state index in [-0.39, 0.29) is 10.8 Å². The van der Waals surface area contributed by atoms with Crippen molar-refractivity contribution in [3.63, 3.8) is 0 Å². The van der Waals surface area contributed by atoms with Crippen molar-refractivity contribution < 1.29 is 4.39 Å².